The molecule has 0 unspecified atom stereocenters. The van der Waals surface area contributed by atoms with E-state index in [1.165, 1.54) is 11.1 Å². The Labute approximate surface area is 370 Å². The van der Waals surface area contributed by atoms with Crippen molar-refractivity contribution in [1.82, 2.24) is 10.6 Å². The summed E-state index contributed by atoms with van der Waals surface area (Å²) in [7, 11) is 0. The molecule has 0 aliphatic heterocycles. The molecule has 2 amide bonds. The van der Waals surface area contributed by atoms with Crippen LogP contribution in [0.3, 0.4) is 0 Å². The second-order valence-corrected chi connectivity index (χ2v) is 18.4. The molecule has 326 valence electrons. The average Bonchev–Trinajstić information content (AvgIpc) is 3.17. The Morgan fingerprint density at radius 1 is 0.583 bits per heavy atom. The van der Waals surface area contributed by atoms with E-state index >= 15 is 0 Å². The van der Waals surface area contributed by atoms with Gasteiger partial charge >= 0.3 is 12.2 Å². The number of nitrogens with one attached hydrogen (secondary N) is 2. The van der Waals surface area contributed by atoms with E-state index in [9.17, 15) is 14.7 Å². The molecule has 0 radical (unpaired) electrons. The third kappa shape index (κ3) is 21.2. The SMILES string of the molecule is C[C@@H](Cc1ccccc1)[C@@H](O)C[C@H](Cc1ccccc1)NC(=O)OC(C)(C)C.C[C@@H](Cc1ccccc1)[C@H](C[C@H](Cc1ccccc1)NC(=O)OC(C)(C)C)OC(=S)CS. The van der Waals surface area contributed by atoms with Gasteiger partial charge in [-0.3, -0.25) is 0 Å². The molecule has 4 aromatic carbocycles. The Kier molecular flexibility index (Phi) is 21.2. The molecule has 0 fully saturated rings. The van der Waals surface area contributed by atoms with Gasteiger partial charge < -0.3 is 30.0 Å². The molecule has 0 aliphatic carbocycles. The number of thiocarbonyl (C=S) groups is 1. The highest BCUT2D eigenvalue weighted by Gasteiger charge is 2.28. The van der Waals surface area contributed by atoms with Gasteiger partial charge in [-0.25, -0.2) is 9.59 Å². The first-order chi connectivity index (χ1) is 28.4. The van der Waals surface area contributed by atoms with Crippen molar-refractivity contribution in [2.75, 3.05) is 5.75 Å². The summed E-state index contributed by atoms with van der Waals surface area (Å²) < 4.78 is 17.1. The van der Waals surface area contributed by atoms with Gasteiger partial charge in [-0.15, -0.1) is 0 Å². The minimum absolute atomic E-state index is 0.0844. The van der Waals surface area contributed by atoms with Crippen LogP contribution in [0.25, 0.3) is 0 Å². The topological polar surface area (TPSA) is 106 Å². The predicted molar refractivity (Wildman–Crippen MR) is 252 cm³/mol. The van der Waals surface area contributed by atoms with E-state index in [1.807, 2.05) is 133 Å². The van der Waals surface area contributed by atoms with E-state index < -0.39 is 29.5 Å². The number of alkyl carbamates (subject to hydrolysis) is 2. The minimum atomic E-state index is -0.564. The smallest absolute Gasteiger partial charge is 0.407 e. The van der Waals surface area contributed by atoms with Crippen LogP contribution in [0.2, 0.25) is 0 Å². The molecular weight excluding hydrogens is 789 g/mol. The van der Waals surface area contributed by atoms with Gasteiger partial charge in [-0.05, 0) is 120 Å². The highest BCUT2D eigenvalue weighted by Crippen LogP contribution is 2.23. The van der Waals surface area contributed by atoms with Crippen LogP contribution in [0.4, 0.5) is 9.59 Å². The summed E-state index contributed by atoms with van der Waals surface area (Å²) in [6, 6.07) is 40.2. The van der Waals surface area contributed by atoms with E-state index in [2.05, 4.69) is 66.6 Å². The molecule has 0 aromatic heterocycles. The number of ether oxygens (including phenoxy) is 3. The van der Waals surface area contributed by atoms with Crippen LogP contribution in [-0.4, -0.2) is 63.6 Å². The lowest BCUT2D eigenvalue weighted by Crippen LogP contribution is -2.43. The maximum atomic E-state index is 12.6. The summed E-state index contributed by atoms with van der Waals surface area (Å²) in [6.07, 6.45) is 2.49. The van der Waals surface area contributed by atoms with Crippen molar-refractivity contribution in [3.8, 4) is 0 Å². The van der Waals surface area contributed by atoms with Gasteiger partial charge in [0, 0.05) is 18.5 Å². The fraction of sp³-hybridized carbons (Fsp3) is 0.460. The first-order valence-corrected chi connectivity index (χ1v) is 22.1. The molecule has 4 rings (SSSR count). The zero-order valence-corrected chi connectivity index (χ0v) is 38.5. The van der Waals surface area contributed by atoms with Crippen molar-refractivity contribution in [1.29, 1.82) is 0 Å². The van der Waals surface area contributed by atoms with Crippen LogP contribution >= 0.6 is 24.8 Å². The first-order valence-electron chi connectivity index (χ1n) is 21.0. The van der Waals surface area contributed by atoms with Crippen LogP contribution in [0.5, 0.6) is 0 Å². The van der Waals surface area contributed by atoms with Gasteiger partial charge in [0.15, 0.2) is 5.05 Å². The number of thiol groups is 1. The van der Waals surface area contributed by atoms with Gasteiger partial charge in [0.25, 0.3) is 0 Å². The molecular formula is C50H68N2O6S2. The maximum Gasteiger partial charge on any atom is 0.407 e. The summed E-state index contributed by atoms with van der Waals surface area (Å²) >= 11 is 9.62. The molecule has 0 saturated heterocycles. The second kappa shape index (κ2) is 25.4. The van der Waals surface area contributed by atoms with E-state index in [0.717, 1.165) is 24.0 Å². The van der Waals surface area contributed by atoms with Gasteiger partial charge in [0.2, 0.25) is 0 Å². The Morgan fingerprint density at radius 2 is 0.917 bits per heavy atom. The van der Waals surface area contributed by atoms with Gasteiger partial charge in [0.1, 0.15) is 17.3 Å². The number of hydrogen-bond acceptors (Lipinski definition) is 8. The van der Waals surface area contributed by atoms with Crippen molar-refractivity contribution in [2.24, 2.45) is 11.8 Å². The standard InChI is InChI=1S/C26H35NO3S2.C24H33NO3/c1-19(15-20-11-7-5-8-12-20)23(29-24(32)18-31)17-22(16-21-13-9-6-10-14-21)27-25(28)30-26(2,3)4;1-18(15-19-11-7-5-8-12-19)22(26)17-21(16-20-13-9-6-10-14-20)25-23(27)28-24(2,3)4/h5-14,19,22-23,31H,15-18H2,1-4H3,(H,27,28);5-14,18,21-22,26H,15-17H2,1-4H3,(H,25,27)/t19-,22-,23-;18-,21-,22-/m00/s1. The summed E-state index contributed by atoms with van der Waals surface area (Å²) in [6.45, 7) is 15.3. The van der Waals surface area contributed by atoms with E-state index in [0.29, 0.717) is 36.5 Å². The molecule has 4 aromatic rings. The number of rotatable bonds is 18. The van der Waals surface area contributed by atoms with Gasteiger partial charge in [0.05, 0.1) is 11.9 Å². The summed E-state index contributed by atoms with van der Waals surface area (Å²) in [5.74, 6) is 0.655. The van der Waals surface area contributed by atoms with Crippen molar-refractivity contribution >= 4 is 42.1 Å². The molecule has 8 nitrogen and oxygen atoms in total. The molecule has 0 heterocycles. The second-order valence-electron chi connectivity index (χ2n) is 17.6. The lowest BCUT2D eigenvalue weighted by Gasteiger charge is -2.30. The molecule has 60 heavy (non-hydrogen) atoms. The maximum absolute atomic E-state index is 12.6. The summed E-state index contributed by atoms with van der Waals surface area (Å²) in [5, 5.41) is 17.3. The molecule has 6 atom stereocenters. The molecule has 0 bridgehead atoms. The van der Waals surface area contributed by atoms with Crippen molar-refractivity contribution in [3.05, 3.63) is 144 Å². The molecule has 10 heteroatoms. The van der Waals surface area contributed by atoms with Gasteiger partial charge in [-0.1, -0.05) is 135 Å². The monoisotopic (exact) mass is 856 g/mol. The Morgan fingerprint density at radius 3 is 1.27 bits per heavy atom. The number of carbonyl (C=O) groups excluding carboxylic acids is 2. The average molecular weight is 857 g/mol. The summed E-state index contributed by atoms with van der Waals surface area (Å²) in [4.78, 5) is 24.9. The quantitative estimate of drug-likeness (QED) is 0.0583. The Balaban J connectivity index is 0.000000323. The van der Waals surface area contributed by atoms with Crippen LogP contribution in [-0.2, 0) is 39.9 Å². The van der Waals surface area contributed by atoms with Crippen LogP contribution < -0.4 is 10.6 Å². The number of amides is 2. The molecule has 0 saturated carbocycles. The minimum Gasteiger partial charge on any atom is -0.483 e. The largest absolute Gasteiger partial charge is 0.483 e. The van der Waals surface area contributed by atoms with Crippen LogP contribution in [0.15, 0.2) is 121 Å². The molecule has 3 N–H and O–H groups in total. The normalized spacial score (nSPS) is 14.4. The number of aliphatic hydroxyl groups excluding tert-OH is 1. The van der Waals surface area contributed by atoms with Crippen LogP contribution in [0, 0.1) is 11.8 Å². The fourth-order valence-corrected chi connectivity index (χ4v) is 6.98. The van der Waals surface area contributed by atoms with Crippen molar-refractivity contribution < 1.29 is 28.9 Å². The molecule has 0 aliphatic rings. The number of benzene rings is 4. The number of aliphatic hydroxyl groups is 1. The number of hydrogen-bond donors (Lipinski definition) is 4. The highest BCUT2D eigenvalue weighted by atomic mass is 32.1. The highest BCUT2D eigenvalue weighted by molar-refractivity contribution is 7.85. The lowest BCUT2D eigenvalue weighted by molar-refractivity contribution is 0.0451. The Bertz CT molecular complexity index is 1820. The fourth-order valence-electron chi connectivity index (χ4n) is 6.78. The Hall–Kier alpha value is -4.38. The van der Waals surface area contributed by atoms with Crippen molar-refractivity contribution in [3.63, 3.8) is 0 Å². The third-order valence-electron chi connectivity index (χ3n) is 9.64. The van der Waals surface area contributed by atoms with Crippen molar-refractivity contribution in [2.45, 2.75) is 129 Å². The van der Waals surface area contributed by atoms with Crippen LogP contribution in [0.1, 0.15) is 90.5 Å². The van der Waals surface area contributed by atoms with E-state index in [4.69, 9.17) is 26.4 Å². The summed E-state index contributed by atoms with van der Waals surface area (Å²) in [5.41, 5.74) is 3.58. The number of carbonyl (C=O) groups is 2. The zero-order chi connectivity index (χ0) is 44.1. The van der Waals surface area contributed by atoms with E-state index in [1.54, 1.807) is 0 Å². The first kappa shape index (κ1) is 50.0. The van der Waals surface area contributed by atoms with E-state index in [-0.39, 0.29) is 30.0 Å². The molecule has 0 spiro atoms. The third-order valence-corrected chi connectivity index (χ3v) is 10.4. The van der Waals surface area contributed by atoms with Gasteiger partial charge in [-0.2, -0.15) is 12.6 Å². The predicted octanol–water partition coefficient (Wildman–Crippen LogP) is 10.8. The lowest BCUT2D eigenvalue weighted by atomic mass is 9.90. The zero-order valence-electron chi connectivity index (χ0n) is 36.8.